The predicted molar refractivity (Wildman–Crippen MR) is 142 cm³/mol. The summed E-state index contributed by atoms with van der Waals surface area (Å²) in [4.78, 5) is 13.5. The van der Waals surface area contributed by atoms with E-state index in [1.807, 2.05) is 50.6 Å². The van der Waals surface area contributed by atoms with E-state index in [9.17, 15) is 9.18 Å². The van der Waals surface area contributed by atoms with Crippen molar-refractivity contribution >= 4 is 22.9 Å². The van der Waals surface area contributed by atoms with Crippen molar-refractivity contribution in [3.8, 4) is 0 Å². The number of rotatable bonds is 7. The van der Waals surface area contributed by atoms with Crippen molar-refractivity contribution in [3.05, 3.63) is 113 Å². The lowest BCUT2D eigenvalue weighted by Gasteiger charge is -2.33. The van der Waals surface area contributed by atoms with Crippen LogP contribution in [0.25, 0.3) is 5.57 Å². The van der Waals surface area contributed by atoms with Gasteiger partial charge in [-0.25, -0.2) is 4.39 Å². The van der Waals surface area contributed by atoms with E-state index >= 15 is 0 Å². The van der Waals surface area contributed by atoms with Crippen LogP contribution in [0.4, 0.5) is 15.8 Å². The smallest absolute Gasteiger partial charge is 0.248 e. The summed E-state index contributed by atoms with van der Waals surface area (Å²) in [6.45, 7) is 3.90. The van der Waals surface area contributed by atoms with Crippen molar-refractivity contribution in [3.63, 3.8) is 0 Å². The quantitative estimate of drug-likeness (QED) is 0.394. The summed E-state index contributed by atoms with van der Waals surface area (Å²) in [5.41, 5.74) is 12.8. The van der Waals surface area contributed by atoms with Crippen LogP contribution in [0.15, 0.2) is 79.0 Å². The van der Waals surface area contributed by atoms with Gasteiger partial charge in [0.15, 0.2) is 0 Å². The first-order valence-corrected chi connectivity index (χ1v) is 11.6. The molecule has 2 atom stereocenters. The number of primary amides is 1. The number of likely N-dealkylation sites (N-methyl/N-ethyl adjacent to an activating group) is 1. The van der Waals surface area contributed by atoms with E-state index in [0.29, 0.717) is 11.1 Å². The van der Waals surface area contributed by atoms with Gasteiger partial charge in [0.05, 0.1) is 12.1 Å². The standard InChI is InChI=1S/C29H31FN4O/c1-18-16-22(9-13-26(18)30)28-24(6-5-15-34(28)4)21-10-14-27(32-3)25(17-21)19(2)33-23-11-7-20(8-12-23)29(31)35/h5-17,19,28,32-33H,1-4H3,(H2,31,35). The van der Waals surface area contributed by atoms with Crippen molar-refractivity contribution < 1.29 is 9.18 Å². The Bertz CT molecular complexity index is 1300. The van der Waals surface area contributed by atoms with Crippen LogP contribution in [0, 0.1) is 12.7 Å². The van der Waals surface area contributed by atoms with E-state index in [0.717, 1.165) is 33.6 Å². The Morgan fingerprint density at radius 2 is 1.83 bits per heavy atom. The molecule has 1 aliphatic heterocycles. The third-order valence-electron chi connectivity index (χ3n) is 6.47. The zero-order valence-electron chi connectivity index (χ0n) is 20.5. The number of nitrogens with zero attached hydrogens (tertiary/aromatic N) is 1. The second-order valence-electron chi connectivity index (χ2n) is 8.90. The summed E-state index contributed by atoms with van der Waals surface area (Å²) in [6, 6.07) is 18.8. The van der Waals surface area contributed by atoms with Gasteiger partial charge in [-0.2, -0.15) is 0 Å². The Kier molecular flexibility index (Phi) is 6.92. The molecule has 1 heterocycles. The Hall–Kier alpha value is -4.06. The second kappa shape index (κ2) is 10.1. The van der Waals surface area contributed by atoms with E-state index in [1.165, 1.54) is 0 Å². The van der Waals surface area contributed by atoms with E-state index in [1.54, 1.807) is 25.1 Å². The van der Waals surface area contributed by atoms with Crippen LogP contribution in [0.2, 0.25) is 0 Å². The molecule has 4 N–H and O–H groups in total. The molecule has 5 nitrogen and oxygen atoms in total. The first kappa shape index (κ1) is 24.1. The minimum Gasteiger partial charge on any atom is -0.388 e. The normalized spacial score (nSPS) is 16.0. The summed E-state index contributed by atoms with van der Waals surface area (Å²) < 4.78 is 14.0. The molecule has 6 heteroatoms. The fraction of sp³-hybridized carbons (Fsp3) is 0.207. The molecule has 180 valence electrons. The van der Waals surface area contributed by atoms with Gasteiger partial charge in [-0.05, 0) is 96.4 Å². The van der Waals surface area contributed by atoms with Crippen molar-refractivity contribution in [2.45, 2.75) is 25.9 Å². The lowest BCUT2D eigenvalue weighted by molar-refractivity contribution is 0.100. The summed E-state index contributed by atoms with van der Waals surface area (Å²) in [7, 11) is 3.95. The van der Waals surface area contributed by atoms with Gasteiger partial charge in [0, 0.05) is 31.0 Å². The number of aryl methyl sites for hydroxylation is 1. The van der Waals surface area contributed by atoms with Crippen LogP contribution in [-0.4, -0.2) is 24.9 Å². The van der Waals surface area contributed by atoms with Gasteiger partial charge in [0.25, 0.3) is 0 Å². The largest absolute Gasteiger partial charge is 0.388 e. The first-order valence-electron chi connectivity index (χ1n) is 11.6. The minimum absolute atomic E-state index is 0.0131. The number of halogens is 1. The number of anilines is 2. The van der Waals surface area contributed by atoms with Gasteiger partial charge in [-0.1, -0.05) is 24.3 Å². The summed E-state index contributed by atoms with van der Waals surface area (Å²) in [5, 5.41) is 6.81. The average molecular weight is 471 g/mol. The molecule has 1 amide bonds. The maximum absolute atomic E-state index is 14.0. The van der Waals surface area contributed by atoms with Gasteiger partial charge in [0.2, 0.25) is 5.91 Å². The first-order chi connectivity index (χ1) is 16.8. The van der Waals surface area contributed by atoms with E-state index in [-0.39, 0.29) is 17.9 Å². The predicted octanol–water partition coefficient (Wildman–Crippen LogP) is 6.03. The number of hydrogen-bond acceptors (Lipinski definition) is 4. The number of nitrogens with one attached hydrogen (secondary N) is 2. The highest BCUT2D eigenvalue weighted by Crippen LogP contribution is 2.39. The maximum Gasteiger partial charge on any atom is 0.248 e. The van der Waals surface area contributed by atoms with Crippen molar-refractivity contribution in [1.82, 2.24) is 4.90 Å². The highest BCUT2D eigenvalue weighted by atomic mass is 19.1. The van der Waals surface area contributed by atoms with Crippen LogP contribution in [-0.2, 0) is 0 Å². The molecule has 4 rings (SSSR count). The zero-order chi connectivity index (χ0) is 25.1. The lowest BCUT2D eigenvalue weighted by Crippen LogP contribution is -2.23. The molecular formula is C29H31FN4O. The molecule has 3 aromatic carbocycles. The molecule has 0 spiro atoms. The molecule has 0 saturated heterocycles. The van der Waals surface area contributed by atoms with E-state index < -0.39 is 5.91 Å². The van der Waals surface area contributed by atoms with Crippen molar-refractivity contribution in [2.75, 3.05) is 24.7 Å². The molecule has 0 fully saturated rings. The van der Waals surface area contributed by atoms with Crippen LogP contribution in [0.5, 0.6) is 0 Å². The fourth-order valence-electron chi connectivity index (χ4n) is 4.57. The molecule has 35 heavy (non-hydrogen) atoms. The monoisotopic (exact) mass is 470 g/mol. The van der Waals surface area contributed by atoms with Gasteiger partial charge in [0.1, 0.15) is 5.82 Å². The van der Waals surface area contributed by atoms with Crippen LogP contribution >= 0.6 is 0 Å². The lowest BCUT2D eigenvalue weighted by atomic mass is 9.88. The number of allylic oxidation sites excluding steroid dienone is 2. The second-order valence-corrected chi connectivity index (χ2v) is 8.90. The third kappa shape index (κ3) is 5.06. The Morgan fingerprint density at radius 1 is 1.09 bits per heavy atom. The molecule has 0 bridgehead atoms. The Morgan fingerprint density at radius 3 is 2.49 bits per heavy atom. The molecule has 0 aromatic heterocycles. The number of benzene rings is 3. The topological polar surface area (TPSA) is 70.4 Å². The minimum atomic E-state index is -0.444. The molecule has 1 aliphatic rings. The molecule has 0 aliphatic carbocycles. The number of amides is 1. The maximum atomic E-state index is 14.0. The molecule has 0 saturated carbocycles. The van der Waals surface area contributed by atoms with Gasteiger partial charge in [-0.3, -0.25) is 4.79 Å². The molecule has 0 radical (unpaired) electrons. The zero-order valence-corrected chi connectivity index (χ0v) is 20.5. The highest BCUT2D eigenvalue weighted by molar-refractivity contribution is 5.93. The highest BCUT2D eigenvalue weighted by Gasteiger charge is 2.25. The summed E-state index contributed by atoms with van der Waals surface area (Å²) in [5.74, 6) is -0.641. The number of nitrogens with two attached hydrogens (primary N) is 1. The Balaban J connectivity index is 1.68. The van der Waals surface area contributed by atoms with Gasteiger partial charge < -0.3 is 21.3 Å². The van der Waals surface area contributed by atoms with Crippen molar-refractivity contribution in [2.24, 2.45) is 5.73 Å². The summed E-state index contributed by atoms with van der Waals surface area (Å²) in [6.07, 6.45) is 6.20. The number of hydrogen-bond donors (Lipinski definition) is 3. The van der Waals surface area contributed by atoms with Crippen LogP contribution in [0.3, 0.4) is 0 Å². The molecular weight excluding hydrogens is 439 g/mol. The number of carbonyl (C=O) groups is 1. The number of carbonyl (C=O) groups excluding carboxylic acids is 1. The molecule has 2 unspecified atom stereocenters. The third-order valence-corrected chi connectivity index (χ3v) is 6.47. The van der Waals surface area contributed by atoms with E-state index in [4.69, 9.17) is 5.73 Å². The Labute approximate surface area is 206 Å². The average Bonchev–Trinajstić information content (AvgIpc) is 2.85. The summed E-state index contributed by atoms with van der Waals surface area (Å²) >= 11 is 0. The van der Waals surface area contributed by atoms with Crippen LogP contribution < -0.4 is 16.4 Å². The van der Waals surface area contributed by atoms with Gasteiger partial charge >= 0.3 is 0 Å². The fourth-order valence-corrected chi connectivity index (χ4v) is 4.57. The van der Waals surface area contributed by atoms with E-state index in [2.05, 4.69) is 46.7 Å². The van der Waals surface area contributed by atoms with Crippen LogP contribution in [0.1, 0.15) is 51.6 Å². The molecule has 3 aromatic rings. The van der Waals surface area contributed by atoms with Gasteiger partial charge in [-0.15, -0.1) is 0 Å². The SMILES string of the molecule is CNc1ccc(C2=CC=CN(C)C2c2ccc(F)c(C)c2)cc1C(C)Nc1ccc(C(N)=O)cc1. The van der Waals surface area contributed by atoms with Crippen molar-refractivity contribution in [1.29, 1.82) is 0 Å².